The monoisotopic (exact) mass is 650 g/mol. The normalized spacial score (nSPS) is 12.7. The minimum Gasteiger partial charge on any atom is -0.0622 e. The Morgan fingerprint density at radius 1 is 0.235 bits per heavy atom. The van der Waals surface area contributed by atoms with Crippen LogP contribution in [0.15, 0.2) is 194 Å². The van der Waals surface area contributed by atoms with Crippen molar-refractivity contribution in [2.75, 3.05) is 0 Å². The quantitative estimate of drug-likeness (QED) is 0.168. The van der Waals surface area contributed by atoms with Gasteiger partial charge in [0.2, 0.25) is 0 Å². The standard InChI is InChI=1S/C51H38/c1-51(2)49-33-41(47-31-39(35-15-7-3-8-16-35)23-27-43(47)37-19-11-5-12-20-37)25-29-45(49)46-30-26-42(34-50(46)51)48-32-40(36-17-9-4-10-18-36)24-28-44(48)38-21-13-6-14-22-38/h3-34H,1-2H3. The van der Waals surface area contributed by atoms with E-state index in [1.165, 1.54) is 89.0 Å². The Hall–Kier alpha value is -6.24. The summed E-state index contributed by atoms with van der Waals surface area (Å²) >= 11 is 0. The van der Waals surface area contributed by atoms with Gasteiger partial charge in [0.15, 0.2) is 0 Å². The SMILES string of the molecule is CC1(C)c2cc(-c3cc(-c4ccccc4)ccc3-c3ccccc3)ccc2-c2ccc(-c3cc(-c4ccccc4)ccc3-c3ccccc3)cc21. The molecule has 8 aromatic carbocycles. The number of hydrogen-bond acceptors (Lipinski definition) is 0. The molecule has 0 aliphatic heterocycles. The zero-order valence-electron chi connectivity index (χ0n) is 29.0. The molecule has 0 heterocycles. The molecule has 0 fully saturated rings. The molecular weight excluding hydrogens is 613 g/mol. The zero-order chi connectivity index (χ0) is 34.4. The molecule has 0 N–H and O–H groups in total. The van der Waals surface area contributed by atoms with Gasteiger partial charge >= 0.3 is 0 Å². The van der Waals surface area contributed by atoms with E-state index in [1.54, 1.807) is 0 Å². The van der Waals surface area contributed by atoms with Crippen LogP contribution in [0.4, 0.5) is 0 Å². The zero-order valence-corrected chi connectivity index (χ0v) is 29.0. The van der Waals surface area contributed by atoms with Crippen molar-refractivity contribution in [3.8, 4) is 77.9 Å². The van der Waals surface area contributed by atoms with Crippen molar-refractivity contribution in [1.82, 2.24) is 0 Å². The summed E-state index contributed by atoms with van der Waals surface area (Å²) in [6, 6.07) is 71.1. The molecule has 0 bridgehead atoms. The van der Waals surface area contributed by atoms with Crippen LogP contribution in [0.3, 0.4) is 0 Å². The lowest BCUT2D eigenvalue weighted by molar-refractivity contribution is 0.661. The predicted octanol–water partition coefficient (Wildman–Crippen LogP) is 14.0. The largest absolute Gasteiger partial charge is 0.0622 e. The van der Waals surface area contributed by atoms with Crippen LogP contribution in [-0.2, 0) is 5.41 Å². The lowest BCUT2D eigenvalue weighted by Crippen LogP contribution is -2.15. The number of hydrogen-bond donors (Lipinski definition) is 0. The Balaban J connectivity index is 1.17. The maximum absolute atomic E-state index is 2.46. The van der Waals surface area contributed by atoms with Gasteiger partial charge < -0.3 is 0 Å². The summed E-state index contributed by atoms with van der Waals surface area (Å²) in [5.74, 6) is 0. The van der Waals surface area contributed by atoms with Gasteiger partial charge in [0.1, 0.15) is 0 Å². The minimum atomic E-state index is -0.176. The molecule has 0 spiro atoms. The molecule has 0 amide bonds. The van der Waals surface area contributed by atoms with Crippen LogP contribution < -0.4 is 0 Å². The van der Waals surface area contributed by atoms with Gasteiger partial charge in [0, 0.05) is 5.41 Å². The van der Waals surface area contributed by atoms with Gasteiger partial charge in [-0.15, -0.1) is 0 Å². The van der Waals surface area contributed by atoms with E-state index in [1.807, 2.05) is 0 Å². The Kier molecular flexibility index (Phi) is 7.59. The molecule has 51 heavy (non-hydrogen) atoms. The van der Waals surface area contributed by atoms with Gasteiger partial charge in [0.25, 0.3) is 0 Å². The Labute approximate surface area is 301 Å². The molecule has 0 unspecified atom stereocenters. The van der Waals surface area contributed by atoms with E-state index in [0.717, 1.165) is 0 Å². The van der Waals surface area contributed by atoms with Crippen molar-refractivity contribution in [2.45, 2.75) is 19.3 Å². The van der Waals surface area contributed by atoms with Crippen molar-refractivity contribution >= 4 is 0 Å². The molecule has 0 aromatic heterocycles. The second-order valence-corrected chi connectivity index (χ2v) is 14.1. The molecule has 0 nitrogen and oxygen atoms in total. The van der Waals surface area contributed by atoms with Gasteiger partial charge in [-0.3, -0.25) is 0 Å². The number of benzene rings is 8. The lowest BCUT2D eigenvalue weighted by Gasteiger charge is -2.23. The highest BCUT2D eigenvalue weighted by Crippen LogP contribution is 2.52. The van der Waals surface area contributed by atoms with E-state index in [4.69, 9.17) is 0 Å². The molecular formula is C51H38. The van der Waals surface area contributed by atoms with E-state index in [-0.39, 0.29) is 5.41 Å². The average Bonchev–Trinajstić information content (AvgIpc) is 3.43. The van der Waals surface area contributed by atoms with E-state index in [2.05, 4.69) is 208 Å². The molecule has 0 atom stereocenters. The Bertz CT molecular complexity index is 2330. The van der Waals surface area contributed by atoms with Crippen LogP contribution in [0.25, 0.3) is 77.9 Å². The van der Waals surface area contributed by atoms with E-state index >= 15 is 0 Å². The van der Waals surface area contributed by atoms with Crippen LogP contribution >= 0.6 is 0 Å². The van der Waals surface area contributed by atoms with Crippen molar-refractivity contribution in [3.05, 3.63) is 205 Å². The molecule has 1 aliphatic carbocycles. The first kappa shape index (κ1) is 30.8. The van der Waals surface area contributed by atoms with Crippen LogP contribution in [0.1, 0.15) is 25.0 Å². The van der Waals surface area contributed by atoms with Crippen molar-refractivity contribution < 1.29 is 0 Å². The Morgan fingerprint density at radius 2 is 0.549 bits per heavy atom. The average molecular weight is 651 g/mol. The molecule has 242 valence electrons. The fraction of sp³-hybridized carbons (Fsp3) is 0.0588. The van der Waals surface area contributed by atoms with Gasteiger partial charge in [-0.05, 0) is 113 Å². The smallest absolute Gasteiger partial charge is 0.0159 e. The maximum atomic E-state index is 2.46. The first-order valence-electron chi connectivity index (χ1n) is 17.8. The minimum absolute atomic E-state index is 0.176. The van der Waals surface area contributed by atoms with Crippen LogP contribution in [0.2, 0.25) is 0 Å². The van der Waals surface area contributed by atoms with Crippen LogP contribution in [0.5, 0.6) is 0 Å². The van der Waals surface area contributed by atoms with E-state index < -0.39 is 0 Å². The lowest BCUT2D eigenvalue weighted by atomic mass is 9.80. The summed E-state index contributed by atoms with van der Waals surface area (Å²) in [7, 11) is 0. The predicted molar refractivity (Wildman–Crippen MR) is 217 cm³/mol. The summed E-state index contributed by atoms with van der Waals surface area (Å²) in [6.07, 6.45) is 0. The highest BCUT2D eigenvalue weighted by atomic mass is 14.4. The molecule has 0 radical (unpaired) electrons. The Morgan fingerprint density at radius 3 is 0.922 bits per heavy atom. The first-order valence-corrected chi connectivity index (χ1v) is 17.8. The summed E-state index contributed by atoms with van der Waals surface area (Å²) in [4.78, 5) is 0. The molecule has 0 saturated heterocycles. The summed E-state index contributed by atoms with van der Waals surface area (Å²) in [5.41, 5.74) is 20.1. The molecule has 1 aliphatic rings. The summed E-state index contributed by atoms with van der Waals surface area (Å²) < 4.78 is 0. The van der Waals surface area contributed by atoms with Crippen molar-refractivity contribution in [1.29, 1.82) is 0 Å². The molecule has 9 rings (SSSR count). The highest BCUT2D eigenvalue weighted by Gasteiger charge is 2.36. The second-order valence-electron chi connectivity index (χ2n) is 14.1. The first-order chi connectivity index (χ1) is 25.0. The van der Waals surface area contributed by atoms with Crippen molar-refractivity contribution in [2.24, 2.45) is 0 Å². The van der Waals surface area contributed by atoms with Gasteiger partial charge in [-0.2, -0.15) is 0 Å². The van der Waals surface area contributed by atoms with Crippen LogP contribution in [-0.4, -0.2) is 0 Å². The second kappa shape index (κ2) is 12.6. The van der Waals surface area contributed by atoms with E-state index in [9.17, 15) is 0 Å². The topological polar surface area (TPSA) is 0 Å². The molecule has 0 heteroatoms. The fourth-order valence-electron chi connectivity index (χ4n) is 8.00. The summed E-state index contributed by atoms with van der Waals surface area (Å²) in [5, 5.41) is 0. The van der Waals surface area contributed by atoms with Crippen LogP contribution in [0, 0.1) is 0 Å². The summed E-state index contributed by atoms with van der Waals surface area (Å²) in [6.45, 7) is 4.78. The van der Waals surface area contributed by atoms with Gasteiger partial charge in [-0.25, -0.2) is 0 Å². The fourth-order valence-corrected chi connectivity index (χ4v) is 8.00. The maximum Gasteiger partial charge on any atom is 0.0159 e. The van der Waals surface area contributed by atoms with Crippen molar-refractivity contribution in [3.63, 3.8) is 0 Å². The molecule has 0 saturated carbocycles. The van der Waals surface area contributed by atoms with E-state index in [0.29, 0.717) is 0 Å². The van der Waals surface area contributed by atoms with Gasteiger partial charge in [-0.1, -0.05) is 184 Å². The van der Waals surface area contributed by atoms with Gasteiger partial charge in [0.05, 0.1) is 0 Å². The molecule has 8 aromatic rings. The highest BCUT2D eigenvalue weighted by molar-refractivity contribution is 5.93. The number of rotatable bonds is 6. The number of fused-ring (bicyclic) bond motifs is 3. The third-order valence-electron chi connectivity index (χ3n) is 10.7. The third-order valence-corrected chi connectivity index (χ3v) is 10.7. The third kappa shape index (κ3) is 5.50.